The van der Waals surface area contributed by atoms with E-state index >= 15 is 0 Å². The Bertz CT molecular complexity index is 819. The van der Waals surface area contributed by atoms with Gasteiger partial charge in [-0.2, -0.15) is 0 Å². The summed E-state index contributed by atoms with van der Waals surface area (Å²) in [6.07, 6.45) is 2.75. The van der Waals surface area contributed by atoms with Crippen LogP contribution in [0.4, 0.5) is 0 Å². The summed E-state index contributed by atoms with van der Waals surface area (Å²) >= 11 is 0. The number of hydrogen-bond donors (Lipinski definition) is 3. The van der Waals surface area contributed by atoms with Crippen molar-refractivity contribution in [1.29, 1.82) is 0 Å². The van der Waals surface area contributed by atoms with E-state index in [2.05, 4.69) is 0 Å². The first-order valence-electron chi connectivity index (χ1n) is 8.38. The van der Waals surface area contributed by atoms with Crippen molar-refractivity contribution in [2.75, 3.05) is 0 Å². The van der Waals surface area contributed by atoms with Crippen LogP contribution in [0, 0.1) is 0 Å². The molecule has 0 atom stereocenters. The highest BCUT2D eigenvalue weighted by atomic mass is 16.3. The predicted octanol–water partition coefficient (Wildman–Crippen LogP) is 3.88. The Balaban J connectivity index is 1.87. The van der Waals surface area contributed by atoms with Crippen molar-refractivity contribution in [3.8, 4) is 11.5 Å². The summed E-state index contributed by atoms with van der Waals surface area (Å²) < 4.78 is 0. The maximum absolute atomic E-state index is 11.9. The van der Waals surface area contributed by atoms with E-state index in [1.54, 1.807) is 36.4 Å². The molecule has 0 aliphatic rings. The molecule has 3 N–H and O–H groups in total. The normalized spacial score (nSPS) is 11.3. The largest absolute Gasteiger partial charge is 0.512 e. The molecule has 0 aliphatic heterocycles. The molecule has 26 heavy (non-hydrogen) atoms. The Hall–Kier alpha value is -3.08. The van der Waals surface area contributed by atoms with E-state index in [1.807, 2.05) is 0 Å². The van der Waals surface area contributed by atoms with Crippen molar-refractivity contribution >= 4 is 11.6 Å². The molecule has 5 nitrogen and oxygen atoms in total. The van der Waals surface area contributed by atoms with Crippen LogP contribution in [-0.2, 0) is 17.6 Å². The van der Waals surface area contributed by atoms with Gasteiger partial charge in [0.05, 0.1) is 11.3 Å². The second kappa shape index (κ2) is 8.85. The number of aliphatic hydroxyl groups is 1. The summed E-state index contributed by atoms with van der Waals surface area (Å²) in [5.74, 6) is -0.303. The third-order valence-corrected chi connectivity index (χ3v) is 4.03. The van der Waals surface area contributed by atoms with Crippen LogP contribution in [-0.4, -0.2) is 26.9 Å². The van der Waals surface area contributed by atoms with E-state index in [0.717, 1.165) is 11.1 Å². The first-order valence-corrected chi connectivity index (χ1v) is 8.38. The van der Waals surface area contributed by atoms with Gasteiger partial charge in [-0.1, -0.05) is 18.2 Å². The standard InChI is InChI=1S/C21H22O5/c1-14(22)20-12-16(6-11-21(20)26)5-10-19(25)13-18(24)9-4-15-2-7-17(23)8-3-15/h2-3,6-8,11-13,23,25-26H,4-5,9-10H2,1H3/b19-13-. The van der Waals surface area contributed by atoms with Crippen LogP contribution in [0.5, 0.6) is 11.5 Å². The number of allylic oxidation sites excluding steroid dienone is 2. The minimum absolute atomic E-state index is 0.0156. The van der Waals surface area contributed by atoms with Gasteiger partial charge in [-0.3, -0.25) is 9.59 Å². The second-order valence-electron chi connectivity index (χ2n) is 6.18. The van der Waals surface area contributed by atoms with Crippen molar-refractivity contribution in [2.24, 2.45) is 0 Å². The van der Waals surface area contributed by atoms with Gasteiger partial charge in [-0.05, 0) is 55.2 Å². The fourth-order valence-corrected chi connectivity index (χ4v) is 2.55. The molecular weight excluding hydrogens is 332 g/mol. The number of aromatic hydroxyl groups is 2. The van der Waals surface area contributed by atoms with Crippen molar-refractivity contribution in [3.05, 3.63) is 71.0 Å². The maximum atomic E-state index is 11.9. The fourth-order valence-electron chi connectivity index (χ4n) is 2.55. The lowest BCUT2D eigenvalue weighted by molar-refractivity contribution is -0.114. The molecule has 0 amide bonds. The van der Waals surface area contributed by atoms with Crippen LogP contribution in [0.3, 0.4) is 0 Å². The summed E-state index contributed by atoms with van der Waals surface area (Å²) in [5.41, 5.74) is 1.98. The number of Topliss-reactive ketones (excluding diaryl/α,β-unsaturated/α-hetero) is 1. The summed E-state index contributed by atoms with van der Waals surface area (Å²) in [6.45, 7) is 1.38. The summed E-state index contributed by atoms with van der Waals surface area (Å²) in [6, 6.07) is 11.4. The number of aryl methyl sites for hydroxylation is 2. The van der Waals surface area contributed by atoms with Gasteiger partial charge < -0.3 is 15.3 Å². The van der Waals surface area contributed by atoms with Gasteiger partial charge in [0.2, 0.25) is 0 Å². The predicted molar refractivity (Wildman–Crippen MR) is 98.6 cm³/mol. The maximum Gasteiger partial charge on any atom is 0.163 e. The van der Waals surface area contributed by atoms with Crippen LogP contribution >= 0.6 is 0 Å². The molecular formula is C21H22O5. The fraction of sp³-hybridized carbons (Fsp3) is 0.238. The summed E-state index contributed by atoms with van der Waals surface area (Å²) in [4.78, 5) is 23.4. The van der Waals surface area contributed by atoms with Crippen LogP contribution < -0.4 is 0 Å². The number of aliphatic hydroxyl groups excluding tert-OH is 1. The molecule has 0 unspecified atom stereocenters. The van der Waals surface area contributed by atoms with Crippen molar-refractivity contribution in [3.63, 3.8) is 0 Å². The molecule has 0 aliphatic carbocycles. The minimum Gasteiger partial charge on any atom is -0.512 e. The monoisotopic (exact) mass is 354 g/mol. The third-order valence-electron chi connectivity index (χ3n) is 4.03. The number of carbonyl (C=O) groups is 2. The van der Waals surface area contributed by atoms with Crippen molar-refractivity contribution in [1.82, 2.24) is 0 Å². The van der Waals surface area contributed by atoms with Gasteiger partial charge in [0.25, 0.3) is 0 Å². The first-order chi connectivity index (χ1) is 12.3. The zero-order chi connectivity index (χ0) is 19.1. The van der Waals surface area contributed by atoms with E-state index in [9.17, 15) is 24.9 Å². The van der Waals surface area contributed by atoms with Crippen LogP contribution in [0.1, 0.15) is 41.3 Å². The molecule has 0 radical (unpaired) electrons. The molecule has 2 aromatic carbocycles. The molecule has 0 saturated heterocycles. The Morgan fingerprint density at radius 3 is 2.19 bits per heavy atom. The van der Waals surface area contributed by atoms with E-state index in [1.165, 1.54) is 19.1 Å². The molecule has 2 rings (SSSR count). The highest BCUT2D eigenvalue weighted by molar-refractivity contribution is 5.96. The molecule has 0 fully saturated rings. The smallest absolute Gasteiger partial charge is 0.163 e. The van der Waals surface area contributed by atoms with Crippen molar-refractivity contribution in [2.45, 2.75) is 32.6 Å². The van der Waals surface area contributed by atoms with Crippen LogP contribution in [0.15, 0.2) is 54.3 Å². The number of rotatable bonds is 8. The number of ketones is 2. The Labute approximate surface area is 152 Å². The molecule has 136 valence electrons. The van der Waals surface area contributed by atoms with Gasteiger partial charge in [0.15, 0.2) is 11.6 Å². The second-order valence-corrected chi connectivity index (χ2v) is 6.18. The van der Waals surface area contributed by atoms with E-state index in [-0.39, 0.29) is 47.2 Å². The molecule has 0 heterocycles. The minimum atomic E-state index is -0.228. The number of hydrogen-bond acceptors (Lipinski definition) is 5. The lowest BCUT2D eigenvalue weighted by atomic mass is 10.0. The zero-order valence-electron chi connectivity index (χ0n) is 14.6. The first kappa shape index (κ1) is 19.2. The zero-order valence-corrected chi connectivity index (χ0v) is 14.6. The van der Waals surface area contributed by atoms with Crippen LogP contribution in [0.25, 0.3) is 0 Å². The third kappa shape index (κ3) is 5.77. The molecule has 0 bridgehead atoms. The lowest BCUT2D eigenvalue weighted by Gasteiger charge is -2.05. The van der Waals surface area contributed by atoms with Gasteiger partial charge in [-0.25, -0.2) is 0 Å². The lowest BCUT2D eigenvalue weighted by Crippen LogP contribution is -2.00. The number of carbonyl (C=O) groups excluding carboxylic acids is 2. The van der Waals surface area contributed by atoms with E-state index < -0.39 is 0 Å². The number of phenols is 2. The average molecular weight is 354 g/mol. The van der Waals surface area contributed by atoms with Crippen molar-refractivity contribution < 1.29 is 24.9 Å². The number of benzene rings is 2. The van der Waals surface area contributed by atoms with Gasteiger partial charge in [0, 0.05) is 18.9 Å². The highest BCUT2D eigenvalue weighted by Crippen LogP contribution is 2.20. The summed E-state index contributed by atoms with van der Waals surface area (Å²) in [7, 11) is 0. The Morgan fingerprint density at radius 1 is 0.923 bits per heavy atom. The molecule has 5 heteroatoms. The SMILES string of the molecule is CC(=O)c1cc(CC/C(O)=C/C(=O)CCc2ccc(O)cc2)ccc1O. The Kier molecular flexibility index (Phi) is 6.55. The van der Waals surface area contributed by atoms with Crippen LogP contribution in [0.2, 0.25) is 0 Å². The Morgan fingerprint density at radius 2 is 1.54 bits per heavy atom. The highest BCUT2D eigenvalue weighted by Gasteiger charge is 2.08. The quantitative estimate of drug-likeness (QED) is 0.380. The average Bonchev–Trinajstić information content (AvgIpc) is 2.60. The van der Waals surface area contributed by atoms with E-state index in [4.69, 9.17) is 0 Å². The van der Waals surface area contributed by atoms with E-state index in [0.29, 0.717) is 12.8 Å². The number of phenolic OH excluding ortho intramolecular Hbond substituents is 2. The topological polar surface area (TPSA) is 94.8 Å². The van der Waals surface area contributed by atoms with Gasteiger partial charge in [0.1, 0.15) is 11.5 Å². The summed E-state index contributed by atoms with van der Waals surface area (Å²) in [5, 5.41) is 28.8. The molecule has 0 aromatic heterocycles. The molecule has 0 spiro atoms. The molecule has 2 aromatic rings. The van der Waals surface area contributed by atoms with Gasteiger partial charge >= 0.3 is 0 Å². The van der Waals surface area contributed by atoms with Gasteiger partial charge in [-0.15, -0.1) is 0 Å². The molecule has 0 saturated carbocycles.